The largest absolute Gasteiger partial charge is 0.346 e. The van der Waals surface area contributed by atoms with Crippen LogP contribution in [0.25, 0.3) is 0 Å². The molecule has 0 amide bonds. The third-order valence-corrected chi connectivity index (χ3v) is 9.67. The molecule has 1 aromatic carbocycles. The SMILES string of the molecule is O=C(c1ccccc1)C12C3[C@H]4[C@H]1C1[C@H]2[C@H]3C4(Br)C12OCCO2. The average Bonchev–Trinajstić information content (AvgIpc) is 3.07. The predicted octanol–water partition coefficient (Wildman–Crippen LogP) is 2.50. The normalized spacial score (nSPS) is 59.3. The van der Waals surface area contributed by atoms with Crippen LogP contribution in [0.1, 0.15) is 10.4 Å². The zero-order valence-electron chi connectivity index (χ0n) is 11.9. The highest BCUT2D eigenvalue weighted by Crippen LogP contribution is 3.05. The lowest BCUT2D eigenvalue weighted by Crippen LogP contribution is -2.93. The van der Waals surface area contributed by atoms with E-state index in [2.05, 4.69) is 15.9 Å². The van der Waals surface area contributed by atoms with E-state index < -0.39 is 5.79 Å². The lowest BCUT2D eigenvalue weighted by atomic mass is 9.12. The van der Waals surface area contributed by atoms with Crippen LogP contribution in [0.5, 0.6) is 0 Å². The average molecular weight is 359 g/mol. The number of hydrogen-bond acceptors (Lipinski definition) is 3. The van der Waals surface area contributed by atoms with E-state index in [9.17, 15) is 4.79 Å². The maximum absolute atomic E-state index is 13.2. The molecule has 7 fully saturated rings. The first-order chi connectivity index (χ1) is 10.7. The van der Waals surface area contributed by atoms with E-state index in [4.69, 9.17) is 9.47 Å². The molecule has 7 aliphatic rings. The Morgan fingerprint density at radius 3 is 2.18 bits per heavy atom. The van der Waals surface area contributed by atoms with Crippen molar-refractivity contribution in [2.24, 2.45) is 40.9 Å². The van der Waals surface area contributed by atoms with Crippen molar-refractivity contribution in [3.63, 3.8) is 0 Å². The first kappa shape index (κ1) is 11.8. The van der Waals surface area contributed by atoms with Gasteiger partial charge in [-0.3, -0.25) is 4.79 Å². The molecule has 8 atom stereocenters. The Morgan fingerprint density at radius 1 is 0.955 bits per heavy atom. The van der Waals surface area contributed by atoms with Crippen LogP contribution in [0.15, 0.2) is 30.3 Å². The van der Waals surface area contributed by atoms with Crippen molar-refractivity contribution < 1.29 is 14.3 Å². The topological polar surface area (TPSA) is 35.5 Å². The van der Waals surface area contributed by atoms with Gasteiger partial charge >= 0.3 is 0 Å². The van der Waals surface area contributed by atoms with E-state index in [1.165, 1.54) is 0 Å². The fraction of sp³-hybridized carbons (Fsp3) is 0.611. The van der Waals surface area contributed by atoms with Gasteiger partial charge in [-0.1, -0.05) is 46.3 Å². The number of benzene rings is 1. The molecule has 3 nitrogen and oxygen atoms in total. The molecule has 1 aliphatic heterocycles. The number of carbonyl (C=O) groups excluding carboxylic acids is 1. The van der Waals surface area contributed by atoms with Gasteiger partial charge in [0.1, 0.15) is 0 Å². The molecule has 1 spiro atoms. The van der Waals surface area contributed by atoms with Gasteiger partial charge in [-0.05, 0) is 29.6 Å². The highest BCUT2D eigenvalue weighted by molar-refractivity contribution is 9.10. The summed E-state index contributed by atoms with van der Waals surface area (Å²) in [4.78, 5) is 13.2. The zero-order chi connectivity index (χ0) is 14.5. The number of rotatable bonds is 2. The van der Waals surface area contributed by atoms with Crippen molar-refractivity contribution in [2.45, 2.75) is 10.1 Å². The molecule has 4 heteroatoms. The number of ether oxygens (including phenoxy) is 2. The van der Waals surface area contributed by atoms with E-state index in [1.807, 2.05) is 30.3 Å². The van der Waals surface area contributed by atoms with Crippen LogP contribution in [0.2, 0.25) is 0 Å². The highest BCUT2D eigenvalue weighted by atomic mass is 79.9. The van der Waals surface area contributed by atoms with Crippen molar-refractivity contribution in [3.8, 4) is 0 Å². The molecular weight excluding hydrogens is 344 g/mol. The number of hydrogen-bond donors (Lipinski definition) is 0. The molecule has 1 saturated heterocycles. The number of halogens is 1. The molecule has 22 heavy (non-hydrogen) atoms. The smallest absolute Gasteiger partial charge is 0.187 e. The summed E-state index contributed by atoms with van der Waals surface area (Å²) in [5.41, 5.74) is 0.835. The van der Waals surface area contributed by atoms with Crippen molar-refractivity contribution >= 4 is 21.7 Å². The molecule has 1 heterocycles. The minimum Gasteiger partial charge on any atom is -0.346 e. The Hall–Kier alpha value is -0.710. The molecule has 4 unspecified atom stereocenters. The summed E-state index contributed by atoms with van der Waals surface area (Å²) in [5, 5.41) is 0. The molecule has 0 radical (unpaired) electrons. The van der Waals surface area contributed by atoms with Crippen LogP contribution in [0, 0.1) is 40.9 Å². The summed E-state index contributed by atoms with van der Waals surface area (Å²) in [6.07, 6.45) is 0. The summed E-state index contributed by atoms with van der Waals surface area (Å²) in [6.45, 7) is 1.40. The number of ketones is 1. The molecule has 112 valence electrons. The quantitative estimate of drug-likeness (QED) is 0.601. The molecule has 2 bridgehead atoms. The van der Waals surface area contributed by atoms with Gasteiger partial charge in [0.2, 0.25) is 0 Å². The third kappa shape index (κ3) is 0.711. The Kier molecular flexibility index (Phi) is 1.60. The van der Waals surface area contributed by atoms with Crippen LogP contribution in [0.3, 0.4) is 0 Å². The van der Waals surface area contributed by atoms with Crippen molar-refractivity contribution in [3.05, 3.63) is 35.9 Å². The van der Waals surface area contributed by atoms with E-state index in [-0.39, 0.29) is 9.74 Å². The fourth-order valence-corrected chi connectivity index (χ4v) is 9.54. The zero-order valence-corrected chi connectivity index (χ0v) is 13.5. The molecule has 8 rings (SSSR count). The molecule has 0 aromatic heterocycles. The second-order valence-electron chi connectivity index (χ2n) is 7.92. The fourth-order valence-electron chi connectivity index (χ4n) is 7.91. The minimum absolute atomic E-state index is 0.0138. The molecule has 1 aromatic rings. The van der Waals surface area contributed by atoms with E-state index in [0.29, 0.717) is 54.5 Å². The second kappa shape index (κ2) is 2.99. The minimum atomic E-state index is -0.412. The first-order valence-corrected chi connectivity index (χ1v) is 9.06. The number of alkyl halides is 1. The Balaban J connectivity index is 1.36. The van der Waals surface area contributed by atoms with Gasteiger partial charge in [0.25, 0.3) is 0 Å². The monoisotopic (exact) mass is 358 g/mol. The van der Waals surface area contributed by atoms with Gasteiger partial charge in [-0.25, -0.2) is 0 Å². The second-order valence-corrected chi connectivity index (χ2v) is 9.23. The maximum Gasteiger partial charge on any atom is 0.187 e. The van der Waals surface area contributed by atoms with Crippen LogP contribution >= 0.6 is 15.9 Å². The lowest BCUT2D eigenvalue weighted by molar-refractivity contribution is -0.409. The summed E-state index contributed by atoms with van der Waals surface area (Å²) in [6, 6.07) is 9.87. The van der Waals surface area contributed by atoms with Crippen molar-refractivity contribution in [1.82, 2.24) is 0 Å². The first-order valence-electron chi connectivity index (χ1n) is 8.27. The molecule has 6 saturated carbocycles. The third-order valence-electron chi connectivity index (χ3n) is 8.06. The predicted molar refractivity (Wildman–Crippen MR) is 80.4 cm³/mol. The highest BCUT2D eigenvalue weighted by Gasteiger charge is 3.10. The Labute approximate surface area is 136 Å². The standard InChI is InChI=1S/C18H15BrO3/c19-17-12-9-13(17)11-14(18(17)21-6-7-22-18)10(12)16(9,11)15(20)8-4-2-1-3-5-8/h1-5,9-14H,6-7H2/t9?,10-,11+,12-,13-,14?,16?,17?/m0/s1. The summed E-state index contributed by atoms with van der Waals surface area (Å²) >= 11 is 4.04. The van der Waals surface area contributed by atoms with Crippen LogP contribution in [0.4, 0.5) is 0 Å². The number of Topliss-reactive ketones (excluding diaryl/α,β-unsaturated/α-hetero) is 1. The van der Waals surface area contributed by atoms with Gasteiger partial charge in [0.05, 0.1) is 17.5 Å². The van der Waals surface area contributed by atoms with E-state index in [1.54, 1.807) is 0 Å². The van der Waals surface area contributed by atoms with Crippen molar-refractivity contribution in [2.75, 3.05) is 13.2 Å². The lowest BCUT2D eigenvalue weighted by Gasteiger charge is -2.90. The molecule has 0 N–H and O–H groups in total. The van der Waals surface area contributed by atoms with Crippen LogP contribution < -0.4 is 0 Å². The van der Waals surface area contributed by atoms with Crippen molar-refractivity contribution in [1.29, 1.82) is 0 Å². The van der Waals surface area contributed by atoms with Gasteiger partial charge in [0.15, 0.2) is 11.6 Å². The Morgan fingerprint density at radius 2 is 1.55 bits per heavy atom. The maximum atomic E-state index is 13.2. The Bertz CT molecular complexity index is 733. The van der Waals surface area contributed by atoms with E-state index in [0.717, 1.165) is 5.56 Å². The summed E-state index contributed by atoms with van der Waals surface area (Å²) in [5.74, 6) is 3.17. The number of carbonyl (C=O) groups is 1. The van der Waals surface area contributed by atoms with Crippen LogP contribution in [-0.2, 0) is 9.47 Å². The molecule has 6 aliphatic carbocycles. The summed E-state index contributed by atoms with van der Waals surface area (Å²) < 4.78 is 12.3. The van der Waals surface area contributed by atoms with Gasteiger partial charge in [-0.15, -0.1) is 0 Å². The van der Waals surface area contributed by atoms with Gasteiger partial charge < -0.3 is 9.47 Å². The summed E-state index contributed by atoms with van der Waals surface area (Å²) in [7, 11) is 0. The van der Waals surface area contributed by atoms with Gasteiger partial charge in [0, 0.05) is 16.9 Å². The van der Waals surface area contributed by atoms with E-state index >= 15 is 0 Å². The van der Waals surface area contributed by atoms with Crippen LogP contribution in [-0.4, -0.2) is 29.1 Å². The molecular formula is C18H15BrO3. The van der Waals surface area contributed by atoms with Gasteiger partial charge in [-0.2, -0.15) is 0 Å².